The average Bonchev–Trinajstić information content (AvgIpc) is 1.65. The van der Waals surface area contributed by atoms with Gasteiger partial charge in [0, 0.05) is 0 Å². The average molecular weight is 100 g/mol. The molecule has 0 spiro atoms. The van der Waals surface area contributed by atoms with Gasteiger partial charge in [-0.3, -0.25) is 0 Å². The molecule has 40 valence electrons. The van der Waals surface area contributed by atoms with Crippen LogP contribution in [0.4, 0.5) is 0 Å². The number of carbonyl (C=O) groups is 1. The Kier molecular flexibility index (Phi) is 1.11. The molecule has 2 heteroatoms. The summed E-state index contributed by atoms with van der Waals surface area (Å²) in [5.41, 5.74) is 0. The van der Waals surface area contributed by atoms with E-state index in [9.17, 15) is 4.79 Å². The van der Waals surface area contributed by atoms with E-state index in [0.717, 1.165) is 6.29 Å². The number of ether oxygens (including phenoxy) is 1. The smallest absolute Gasteiger partial charge is 0.127 e. The fourth-order valence-electron chi connectivity index (χ4n) is 0.550. The van der Waals surface area contributed by atoms with Gasteiger partial charge in [0.2, 0.25) is 0 Å². The van der Waals surface area contributed by atoms with E-state index < -0.39 is 0 Å². The van der Waals surface area contributed by atoms with Crippen LogP contribution in [0.3, 0.4) is 0 Å². The number of carbonyl (C=O) groups excluding carboxylic acids is 1. The van der Waals surface area contributed by atoms with Crippen LogP contribution in [0.5, 0.6) is 0 Å². The van der Waals surface area contributed by atoms with E-state index in [2.05, 4.69) is 0 Å². The molecule has 0 aromatic rings. The lowest BCUT2D eigenvalue weighted by Crippen LogP contribution is -2.37. The summed E-state index contributed by atoms with van der Waals surface area (Å²) in [5, 5.41) is 0. The first-order valence-corrected chi connectivity index (χ1v) is 2.41. The zero-order valence-electron chi connectivity index (χ0n) is 4.26. The van der Waals surface area contributed by atoms with Gasteiger partial charge in [0.15, 0.2) is 0 Å². The van der Waals surface area contributed by atoms with E-state index in [0.29, 0.717) is 6.61 Å². The maximum atomic E-state index is 9.92. The second-order valence-corrected chi connectivity index (χ2v) is 1.84. The van der Waals surface area contributed by atoms with Gasteiger partial charge in [0.25, 0.3) is 0 Å². The molecular formula is C5H8O2. The summed E-state index contributed by atoms with van der Waals surface area (Å²) in [6, 6.07) is 0. The molecule has 2 unspecified atom stereocenters. The first-order chi connectivity index (χ1) is 3.34. The second kappa shape index (κ2) is 1.62. The van der Waals surface area contributed by atoms with E-state index >= 15 is 0 Å². The van der Waals surface area contributed by atoms with Gasteiger partial charge in [-0.05, 0) is 6.92 Å². The molecule has 1 aliphatic rings. The van der Waals surface area contributed by atoms with Crippen molar-refractivity contribution in [3.05, 3.63) is 0 Å². The van der Waals surface area contributed by atoms with Crippen molar-refractivity contribution in [2.24, 2.45) is 5.92 Å². The monoisotopic (exact) mass is 100 g/mol. The molecule has 1 rings (SSSR count). The third-order valence-corrected chi connectivity index (χ3v) is 1.33. The highest BCUT2D eigenvalue weighted by Gasteiger charge is 2.26. The molecular weight excluding hydrogens is 92.1 g/mol. The van der Waals surface area contributed by atoms with E-state index in [4.69, 9.17) is 4.74 Å². The zero-order chi connectivity index (χ0) is 5.28. The number of hydrogen-bond acceptors (Lipinski definition) is 2. The van der Waals surface area contributed by atoms with Crippen LogP contribution < -0.4 is 0 Å². The predicted molar refractivity (Wildman–Crippen MR) is 25.0 cm³/mol. The van der Waals surface area contributed by atoms with Crippen LogP contribution in [-0.2, 0) is 9.53 Å². The van der Waals surface area contributed by atoms with Gasteiger partial charge in [-0.2, -0.15) is 0 Å². The van der Waals surface area contributed by atoms with Gasteiger partial charge in [-0.1, -0.05) is 0 Å². The minimum atomic E-state index is 0.178. The SMILES string of the molecule is CC1OCC1C=O. The minimum absolute atomic E-state index is 0.178. The lowest BCUT2D eigenvalue weighted by atomic mass is 10.0. The Labute approximate surface area is 42.5 Å². The Morgan fingerprint density at radius 3 is 2.57 bits per heavy atom. The zero-order valence-corrected chi connectivity index (χ0v) is 4.26. The van der Waals surface area contributed by atoms with E-state index in [1.165, 1.54) is 0 Å². The molecule has 0 N–H and O–H groups in total. The van der Waals surface area contributed by atoms with Crippen LogP contribution in [0.1, 0.15) is 6.92 Å². The highest BCUT2D eigenvalue weighted by atomic mass is 16.5. The fourth-order valence-corrected chi connectivity index (χ4v) is 0.550. The lowest BCUT2D eigenvalue weighted by molar-refractivity contribution is -0.138. The first-order valence-electron chi connectivity index (χ1n) is 2.41. The van der Waals surface area contributed by atoms with E-state index in [-0.39, 0.29) is 12.0 Å². The summed E-state index contributed by atoms with van der Waals surface area (Å²) in [7, 11) is 0. The van der Waals surface area contributed by atoms with Gasteiger partial charge in [-0.15, -0.1) is 0 Å². The molecule has 7 heavy (non-hydrogen) atoms. The van der Waals surface area contributed by atoms with Crippen molar-refractivity contribution in [2.75, 3.05) is 6.61 Å². The van der Waals surface area contributed by atoms with Crippen LogP contribution >= 0.6 is 0 Å². The van der Waals surface area contributed by atoms with Crippen molar-refractivity contribution >= 4 is 6.29 Å². The van der Waals surface area contributed by atoms with Crippen molar-refractivity contribution in [1.82, 2.24) is 0 Å². The van der Waals surface area contributed by atoms with Crippen LogP contribution in [0.15, 0.2) is 0 Å². The molecule has 0 radical (unpaired) electrons. The van der Waals surface area contributed by atoms with Gasteiger partial charge in [0.1, 0.15) is 6.29 Å². The molecule has 0 bridgehead atoms. The van der Waals surface area contributed by atoms with Crippen molar-refractivity contribution < 1.29 is 9.53 Å². The quantitative estimate of drug-likeness (QED) is 0.440. The number of hydrogen-bond donors (Lipinski definition) is 0. The Hall–Kier alpha value is -0.370. The Balaban J connectivity index is 2.28. The van der Waals surface area contributed by atoms with Crippen molar-refractivity contribution in [2.45, 2.75) is 13.0 Å². The summed E-state index contributed by atoms with van der Waals surface area (Å²) in [6.45, 7) is 2.53. The maximum absolute atomic E-state index is 9.92. The van der Waals surface area contributed by atoms with E-state index in [1.807, 2.05) is 6.92 Å². The van der Waals surface area contributed by atoms with Crippen molar-refractivity contribution in [3.8, 4) is 0 Å². The molecule has 1 saturated heterocycles. The van der Waals surface area contributed by atoms with Gasteiger partial charge >= 0.3 is 0 Å². The van der Waals surface area contributed by atoms with Gasteiger partial charge < -0.3 is 9.53 Å². The summed E-state index contributed by atoms with van der Waals surface area (Å²) in [6.07, 6.45) is 1.13. The third-order valence-electron chi connectivity index (χ3n) is 1.33. The summed E-state index contributed by atoms with van der Waals surface area (Å²) < 4.78 is 4.90. The molecule has 0 saturated carbocycles. The van der Waals surface area contributed by atoms with Crippen LogP contribution in [0.2, 0.25) is 0 Å². The standard InChI is InChI=1S/C5H8O2/c1-4-5(2-6)3-7-4/h2,4-5H,3H2,1H3. The van der Waals surface area contributed by atoms with Crippen molar-refractivity contribution in [1.29, 1.82) is 0 Å². The fraction of sp³-hybridized carbons (Fsp3) is 0.800. The Bertz CT molecular complexity index is 80.1. The van der Waals surface area contributed by atoms with Crippen molar-refractivity contribution in [3.63, 3.8) is 0 Å². The molecule has 1 heterocycles. The highest BCUT2D eigenvalue weighted by molar-refractivity contribution is 5.55. The van der Waals surface area contributed by atoms with E-state index in [1.54, 1.807) is 0 Å². The first kappa shape index (κ1) is 4.78. The number of aldehydes is 1. The summed E-state index contributed by atoms with van der Waals surface area (Å²) in [4.78, 5) is 9.92. The second-order valence-electron chi connectivity index (χ2n) is 1.84. The molecule has 1 aliphatic heterocycles. The van der Waals surface area contributed by atoms with Gasteiger partial charge in [0.05, 0.1) is 18.6 Å². The van der Waals surface area contributed by atoms with Gasteiger partial charge in [-0.25, -0.2) is 0 Å². The maximum Gasteiger partial charge on any atom is 0.127 e. The lowest BCUT2D eigenvalue weighted by Gasteiger charge is -2.29. The molecule has 0 aromatic heterocycles. The minimum Gasteiger partial charge on any atom is -0.377 e. The van der Waals surface area contributed by atoms with Crippen LogP contribution in [0, 0.1) is 5.92 Å². The Morgan fingerprint density at radius 1 is 1.86 bits per heavy atom. The molecule has 2 nitrogen and oxygen atoms in total. The Morgan fingerprint density at radius 2 is 2.57 bits per heavy atom. The summed E-state index contributed by atoms with van der Waals surface area (Å²) in [5.74, 6) is 0.181. The van der Waals surface area contributed by atoms with Crippen LogP contribution in [0.25, 0.3) is 0 Å². The van der Waals surface area contributed by atoms with Crippen LogP contribution in [-0.4, -0.2) is 19.0 Å². The predicted octanol–water partition coefficient (Wildman–Crippen LogP) is 0.220. The highest BCUT2D eigenvalue weighted by Crippen LogP contribution is 2.15. The molecule has 1 fully saturated rings. The normalized spacial score (nSPS) is 39.6. The largest absolute Gasteiger partial charge is 0.377 e. The topological polar surface area (TPSA) is 26.3 Å². The number of rotatable bonds is 1. The molecule has 0 aliphatic carbocycles. The molecule has 2 atom stereocenters. The third kappa shape index (κ3) is 0.657. The molecule has 0 aromatic carbocycles. The summed E-state index contributed by atoms with van der Waals surface area (Å²) >= 11 is 0. The molecule has 0 amide bonds.